The molecule has 1 N–H and O–H groups in total. The highest BCUT2D eigenvalue weighted by atomic mass is 32.2. The summed E-state index contributed by atoms with van der Waals surface area (Å²) in [4.78, 5) is 11.6. The molecule has 6 heteroatoms. The summed E-state index contributed by atoms with van der Waals surface area (Å²) in [5.41, 5.74) is 0.921. The van der Waals surface area contributed by atoms with E-state index in [2.05, 4.69) is 29.0 Å². The predicted octanol–water partition coefficient (Wildman–Crippen LogP) is 2.97. The van der Waals surface area contributed by atoms with Crippen molar-refractivity contribution in [3.8, 4) is 5.75 Å². The van der Waals surface area contributed by atoms with Gasteiger partial charge in [-0.3, -0.25) is 4.79 Å². The minimum Gasteiger partial charge on any atom is -0.494 e. The van der Waals surface area contributed by atoms with Crippen LogP contribution >= 0.6 is 11.8 Å². The molecule has 1 heterocycles. The maximum Gasteiger partial charge on any atom is 0.239 e. The zero-order valence-electron chi connectivity index (χ0n) is 12.5. The van der Waals surface area contributed by atoms with Gasteiger partial charge in [-0.05, 0) is 42.7 Å². The number of ether oxygens (including phenoxy) is 1. The molecule has 0 aromatic heterocycles. The van der Waals surface area contributed by atoms with Gasteiger partial charge in [-0.25, -0.2) is 0 Å². The van der Waals surface area contributed by atoms with Gasteiger partial charge in [0.05, 0.1) is 18.1 Å². The average molecular weight is 317 g/mol. The minimum absolute atomic E-state index is 0.0451. The lowest BCUT2D eigenvalue weighted by atomic mass is 10.2. The molecule has 116 valence electrons. The molecule has 1 fully saturated rings. The van der Waals surface area contributed by atoms with Crippen LogP contribution in [0, 0.1) is 0 Å². The summed E-state index contributed by atoms with van der Waals surface area (Å²) in [5.74, 6) is 0.799. The summed E-state index contributed by atoms with van der Waals surface area (Å²) < 4.78 is 5.51. The highest BCUT2D eigenvalue weighted by Crippen LogP contribution is 2.22. The van der Waals surface area contributed by atoms with Crippen LogP contribution in [0.1, 0.15) is 25.3 Å². The Morgan fingerprint density at radius 2 is 2.18 bits per heavy atom. The van der Waals surface area contributed by atoms with Crippen molar-refractivity contribution in [2.24, 2.45) is 10.2 Å². The normalized spacial score (nSPS) is 19.6. The molecule has 1 atom stereocenters. The first-order chi connectivity index (χ1) is 10.7. The van der Waals surface area contributed by atoms with Crippen molar-refractivity contribution < 1.29 is 9.53 Å². The third-order valence-electron chi connectivity index (χ3n) is 2.87. The molecule has 1 unspecified atom stereocenters. The molecule has 1 aromatic rings. The van der Waals surface area contributed by atoms with Gasteiger partial charge in [0, 0.05) is 0 Å². The van der Waals surface area contributed by atoms with Crippen molar-refractivity contribution in [3.63, 3.8) is 0 Å². The fourth-order valence-corrected chi connectivity index (χ4v) is 2.70. The second-order valence-corrected chi connectivity index (χ2v) is 5.88. The van der Waals surface area contributed by atoms with Crippen LogP contribution in [0.3, 0.4) is 0 Å². The molecule has 1 aromatic carbocycles. The van der Waals surface area contributed by atoms with Crippen LogP contribution in [0.4, 0.5) is 0 Å². The van der Waals surface area contributed by atoms with Gasteiger partial charge in [0.1, 0.15) is 5.75 Å². The third-order valence-corrected chi connectivity index (χ3v) is 3.96. The number of amidine groups is 1. The standard InChI is InChI=1S/C16H19N3O2S/c1-3-5-14-15(20)18-16(22-14)19-17-11-12-6-8-13(9-7-12)21-10-4-2/h3,6-9,11,14H,1,4-5,10H2,2H3,(H,18,19,20). The van der Waals surface area contributed by atoms with Crippen molar-refractivity contribution in [1.29, 1.82) is 0 Å². The van der Waals surface area contributed by atoms with E-state index in [0.717, 1.165) is 17.7 Å². The van der Waals surface area contributed by atoms with Gasteiger partial charge in [0.15, 0.2) is 5.17 Å². The smallest absolute Gasteiger partial charge is 0.239 e. The lowest BCUT2D eigenvalue weighted by molar-refractivity contribution is -0.118. The Hall–Kier alpha value is -2.08. The molecule has 1 amide bonds. The average Bonchev–Trinajstić information content (AvgIpc) is 2.87. The number of nitrogens with zero attached hydrogens (tertiary/aromatic N) is 2. The van der Waals surface area contributed by atoms with Crippen molar-refractivity contribution in [2.75, 3.05) is 6.61 Å². The van der Waals surface area contributed by atoms with Gasteiger partial charge in [-0.1, -0.05) is 24.8 Å². The van der Waals surface area contributed by atoms with Crippen LogP contribution in [0.15, 0.2) is 47.1 Å². The molecule has 22 heavy (non-hydrogen) atoms. The first-order valence-electron chi connectivity index (χ1n) is 7.15. The first-order valence-corrected chi connectivity index (χ1v) is 8.03. The second kappa shape index (κ2) is 8.38. The topological polar surface area (TPSA) is 63.1 Å². The van der Waals surface area contributed by atoms with Crippen LogP contribution in [-0.4, -0.2) is 29.1 Å². The summed E-state index contributed by atoms with van der Waals surface area (Å²) in [6.45, 7) is 6.42. The SMILES string of the molecule is C=CCC1S/C(=N\N=Cc2ccc(OCCC)cc2)NC1=O. The van der Waals surface area contributed by atoms with E-state index >= 15 is 0 Å². The van der Waals surface area contributed by atoms with E-state index in [1.54, 1.807) is 12.3 Å². The van der Waals surface area contributed by atoms with E-state index in [1.807, 2.05) is 24.3 Å². The Bertz CT molecular complexity index is 582. The Morgan fingerprint density at radius 1 is 1.41 bits per heavy atom. The van der Waals surface area contributed by atoms with Crippen molar-refractivity contribution in [2.45, 2.75) is 25.0 Å². The predicted molar refractivity (Wildman–Crippen MR) is 91.6 cm³/mol. The zero-order chi connectivity index (χ0) is 15.8. The molecule has 0 radical (unpaired) electrons. The Morgan fingerprint density at radius 3 is 2.86 bits per heavy atom. The largest absolute Gasteiger partial charge is 0.494 e. The van der Waals surface area contributed by atoms with Gasteiger partial charge >= 0.3 is 0 Å². The first kappa shape index (κ1) is 16.3. The van der Waals surface area contributed by atoms with E-state index in [0.29, 0.717) is 18.2 Å². The fraction of sp³-hybridized carbons (Fsp3) is 0.312. The molecule has 0 saturated carbocycles. The lowest BCUT2D eigenvalue weighted by Gasteiger charge is -2.03. The Labute approximate surface area is 134 Å². The van der Waals surface area contributed by atoms with Gasteiger partial charge in [0.2, 0.25) is 5.91 Å². The van der Waals surface area contributed by atoms with Crippen LogP contribution in [0.2, 0.25) is 0 Å². The van der Waals surface area contributed by atoms with E-state index in [4.69, 9.17) is 4.74 Å². The molecule has 1 saturated heterocycles. The number of hydrogen-bond acceptors (Lipinski definition) is 5. The third kappa shape index (κ3) is 4.73. The minimum atomic E-state index is -0.151. The van der Waals surface area contributed by atoms with E-state index in [9.17, 15) is 4.79 Å². The van der Waals surface area contributed by atoms with Crippen LogP contribution in [-0.2, 0) is 4.79 Å². The van der Waals surface area contributed by atoms with Crippen molar-refractivity contribution in [3.05, 3.63) is 42.5 Å². The number of amides is 1. The molecule has 1 aliphatic rings. The fourth-order valence-electron chi connectivity index (χ4n) is 1.78. The van der Waals surface area contributed by atoms with Crippen molar-refractivity contribution in [1.82, 2.24) is 5.32 Å². The number of carbonyl (C=O) groups is 1. The van der Waals surface area contributed by atoms with Crippen LogP contribution < -0.4 is 10.1 Å². The number of allylic oxidation sites excluding steroid dienone is 1. The highest BCUT2D eigenvalue weighted by Gasteiger charge is 2.28. The van der Waals surface area contributed by atoms with E-state index in [1.165, 1.54) is 11.8 Å². The Kier molecular flexibility index (Phi) is 6.21. The number of thioether (sulfide) groups is 1. The van der Waals surface area contributed by atoms with Gasteiger partial charge in [-0.2, -0.15) is 5.10 Å². The molecule has 0 spiro atoms. The van der Waals surface area contributed by atoms with Crippen molar-refractivity contribution >= 4 is 29.1 Å². The maximum atomic E-state index is 11.6. The van der Waals surface area contributed by atoms with Gasteiger partial charge in [-0.15, -0.1) is 11.7 Å². The molecular weight excluding hydrogens is 298 g/mol. The van der Waals surface area contributed by atoms with E-state index < -0.39 is 0 Å². The number of nitrogens with one attached hydrogen (secondary N) is 1. The van der Waals surface area contributed by atoms with Crippen LogP contribution in [0.25, 0.3) is 0 Å². The summed E-state index contributed by atoms with van der Waals surface area (Å²) in [5, 5.41) is 11.1. The van der Waals surface area contributed by atoms with E-state index in [-0.39, 0.29) is 11.2 Å². The Balaban J connectivity index is 1.90. The number of rotatable bonds is 7. The summed E-state index contributed by atoms with van der Waals surface area (Å²) in [7, 11) is 0. The zero-order valence-corrected chi connectivity index (χ0v) is 13.3. The van der Waals surface area contributed by atoms with Gasteiger partial charge < -0.3 is 10.1 Å². The molecule has 2 rings (SSSR count). The van der Waals surface area contributed by atoms with Gasteiger partial charge in [0.25, 0.3) is 0 Å². The second-order valence-electron chi connectivity index (χ2n) is 4.69. The molecule has 0 aliphatic carbocycles. The highest BCUT2D eigenvalue weighted by molar-refractivity contribution is 8.15. The summed E-state index contributed by atoms with van der Waals surface area (Å²) in [6.07, 6.45) is 4.98. The lowest BCUT2D eigenvalue weighted by Crippen LogP contribution is -2.24. The molecule has 1 aliphatic heterocycles. The number of benzene rings is 1. The molecular formula is C16H19N3O2S. The summed E-state index contributed by atoms with van der Waals surface area (Å²) >= 11 is 1.37. The van der Waals surface area contributed by atoms with Crippen LogP contribution in [0.5, 0.6) is 5.75 Å². The monoisotopic (exact) mass is 317 g/mol. The number of hydrogen-bond donors (Lipinski definition) is 1. The molecule has 5 nitrogen and oxygen atoms in total. The summed E-state index contributed by atoms with van der Waals surface area (Å²) in [6, 6.07) is 7.62. The number of carbonyl (C=O) groups excluding carboxylic acids is 1. The molecule has 0 bridgehead atoms. The maximum absolute atomic E-state index is 11.6. The quantitative estimate of drug-likeness (QED) is 0.478.